The number of rotatable bonds is 3. The largest absolute Gasteiger partial charge is 0.355 e. The fourth-order valence-electron chi connectivity index (χ4n) is 2.50. The number of aliphatic imine (C=N–C) groups is 1. The van der Waals surface area contributed by atoms with E-state index in [1.54, 1.807) is 11.4 Å². The van der Waals surface area contributed by atoms with Gasteiger partial charge in [0.25, 0.3) is 0 Å². The quantitative estimate of drug-likeness (QED) is 0.566. The van der Waals surface area contributed by atoms with Crippen LogP contribution in [0.15, 0.2) is 4.99 Å². The summed E-state index contributed by atoms with van der Waals surface area (Å²) >= 11 is 0. The summed E-state index contributed by atoms with van der Waals surface area (Å²) in [6.45, 7) is 3.91. The molecule has 2 aliphatic heterocycles. The molecule has 0 aromatic rings. The van der Waals surface area contributed by atoms with E-state index in [9.17, 15) is 8.42 Å². The number of guanidine groups is 1. The Kier molecular flexibility index (Phi) is 4.45. The molecule has 7 heteroatoms. The van der Waals surface area contributed by atoms with Gasteiger partial charge in [0, 0.05) is 39.8 Å². The van der Waals surface area contributed by atoms with Crippen LogP contribution in [-0.2, 0) is 10.0 Å². The summed E-state index contributed by atoms with van der Waals surface area (Å²) in [5.74, 6) is 1.19. The standard InChI is InChI=1S/C11H22N4O2S/c1-12-11(14-6-2-3-7-14)13-5-9-15-8-4-10-18(15,16)17/h2-10H2,1H3,(H,12,13). The van der Waals surface area contributed by atoms with E-state index in [0.29, 0.717) is 25.4 Å². The van der Waals surface area contributed by atoms with Crippen molar-refractivity contribution in [2.45, 2.75) is 19.3 Å². The normalized spacial score (nSPS) is 24.7. The summed E-state index contributed by atoms with van der Waals surface area (Å²) < 4.78 is 24.8. The van der Waals surface area contributed by atoms with Crippen LogP contribution >= 0.6 is 0 Å². The molecular weight excluding hydrogens is 252 g/mol. The van der Waals surface area contributed by atoms with E-state index in [0.717, 1.165) is 25.5 Å². The molecule has 0 aromatic carbocycles. The average molecular weight is 274 g/mol. The summed E-state index contributed by atoms with van der Waals surface area (Å²) in [7, 11) is -1.20. The number of likely N-dealkylation sites (tertiary alicyclic amines) is 1. The fourth-order valence-corrected chi connectivity index (χ4v) is 4.02. The highest BCUT2D eigenvalue weighted by Gasteiger charge is 2.27. The maximum absolute atomic E-state index is 11.6. The van der Waals surface area contributed by atoms with Crippen LogP contribution in [0.5, 0.6) is 0 Å². The smallest absolute Gasteiger partial charge is 0.214 e. The van der Waals surface area contributed by atoms with Crippen molar-refractivity contribution in [1.82, 2.24) is 14.5 Å². The number of nitrogens with one attached hydrogen (secondary N) is 1. The molecular formula is C11H22N4O2S. The van der Waals surface area contributed by atoms with Crippen molar-refractivity contribution in [3.05, 3.63) is 0 Å². The second-order valence-electron chi connectivity index (χ2n) is 4.74. The van der Waals surface area contributed by atoms with Crippen LogP contribution in [0.25, 0.3) is 0 Å². The Bertz CT molecular complexity index is 401. The molecule has 0 aliphatic carbocycles. The molecule has 2 saturated heterocycles. The van der Waals surface area contributed by atoms with Crippen molar-refractivity contribution in [3.8, 4) is 0 Å². The lowest BCUT2D eigenvalue weighted by atomic mass is 10.4. The van der Waals surface area contributed by atoms with Crippen molar-refractivity contribution in [3.63, 3.8) is 0 Å². The first kappa shape index (κ1) is 13.6. The van der Waals surface area contributed by atoms with E-state index < -0.39 is 10.0 Å². The summed E-state index contributed by atoms with van der Waals surface area (Å²) in [5, 5.41) is 3.25. The third-order valence-electron chi connectivity index (χ3n) is 3.46. The molecule has 2 heterocycles. The molecule has 18 heavy (non-hydrogen) atoms. The lowest BCUT2D eigenvalue weighted by molar-refractivity contribution is 0.435. The summed E-state index contributed by atoms with van der Waals surface area (Å²) in [4.78, 5) is 6.45. The summed E-state index contributed by atoms with van der Waals surface area (Å²) in [5.41, 5.74) is 0. The minimum absolute atomic E-state index is 0.299. The third-order valence-corrected chi connectivity index (χ3v) is 5.42. The molecule has 0 radical (unpaired) electrons. The lowest BCUT2D eigenvalue weighted by Crippen LogP contribution is -2.43. The van der Waals surface area contributed by atoms with Gasteiger partial charge in [-0.1, -0.05) is 0 Å². The second-order valence-corrected chi connectivity index (χ2v) is 6.83. The maximum atomic E-state index is 11.6. The van der Waals surface area contributed by atoms with Gasteiger partial charge in [-0.15, -0.1) is 0 Å². The Morgan fingerprint density at radius 2 is 1.94 bits per heavy atom. The highest BCUT2D eigenvalue weighted by molar-refractivity contribution is 7.89. The zero-order valence-electron chi connectivity index (χ0n) is 10.9. The van der Waals surface area contributed by atoms with Gasteiger partial charge < -0.3 is 10.2 Å². The average Bonchev–Trinajstić information content (AvgIpc) is 2.95. The monoisotopic (exact) mass is 274 g/mol. The molecule has 0 saturated carbocycles. The molecule has 0 unspecified atom stereocenters. The number of hydrogen-bond donors (Lipinski definition) is 1. The van der Waals surface area contributed by atoms with Gasteiger partial charge in [-0.05, 0) is 19.3 Å². The Morgan fingerprint density at radius 1 is 1.22 bits per heavy atom. The van der Waals surface area contributed by atoms with E-state index in [4.69, 9.17) is 0 Å². The third kappa shape index (κ3) is 3.14. The minimum Gasteiger partial charge on any atom is -0.355 e. The van der Waals surface area contributed by atoms with Gasteiger partial charge in [-0.3, -0.25) is 4.99 Å². The molecule has 2 rings (SSSR count). The number of sulfonamides is 1. The van der Waals surface area contributed by atoms with Gasteiger partial charge in [-0.2, -0.15) is 0 Å². The van der Waals surface area contributed by atoms with Crippen LogP contribution in [0.3, 0.4) is 0 Å². The first-order valence-electron chi connectivity index (χ1n) is 6.57. The van der Waals surface area contributed by atoms with Crippen molar-refractivity contribution in [2.24, 2.45) is 4.99 Å². The molecule has 1 N–H and O–H groups in total. The molecule has 2 aliphatic rings. The van der Waals surface area contributed by atoms with Gasteiger partial charge in [0.15, 0.2) is 5.96 Å². The maximum Gasteiger partial charge on any atom is 0.214 e. The molecule has 0 aromatic heterocycles. The Balaban J connectivity index is 1.77. The Hall–Kier alpha value is -0.820. The SMILES string of the molecule is CN=C(NCCN1CCCS1(=O)=O)N1CCCC1. The lowest BCUT2D eigenvalue weighted by Gasteiger charge is -2.22. The van der Waals surface area contributed by atoms with E-state index in [2.05, 4.69) is 15.2 Å². The Morgan fingerprint density at radius 3 is 2.50 bits per heavy atom. The van der Waals surface area contributed by atoms with E-state index >= 15 is 0 Å². The van der Waals surface area contributed by atoms with Gasteiger partial charge in [0.05, 0.1) is 5.75 Å². The molecule has 2 fully saturated rings. The predicted molar refractivity (Wildman–Crippen MR) is 72.1 cm³/mol. The number of nitrogens with zero attached hydrogens (tertiary/aromatic N) is 3. The number of hydrogen-bond acceptors (Lipinski definition) is 3. The van der Waals surface area contributed by atoms with Crippen LogP contribution in [0.2, 0.25) is 0 Å². The summed E-state index contributed by atoms with van der Waals surface area (Å²) in [6.07, 6.45) is 3.17. The van der Waals surface area contributed by atoms with Crippen molar-refractivity contribution < 1.29 is 8.42 Å². The molecule has 0 amide bonds. The van der Waals surface area contributed by atoms with Crippen LogP contribution in [0.4, 0.5) is 0 Å². The van der Waals surface area contributed by atoms with Crippen molar-refractivity contribution in [1.29, 1.82) is 0 Å². The predicted octanol–water partition coefficient (Wildman–Crippen LogP) is -0.307. The molecule has 6 nitrogen and oxygen atoms in total. The molecule has 0 bridgehead atoms. The van der Waals surface area contributed by atoms with Crippen LogP contribution in [-0.4, -0.2) is 69.1 Å². The van der Waals surface area contributed by atoms with Crippen LogP contribution in [0, 0.1) is 0 Å². The molecule has 104 valence electrons. The first-order chi connectivity index (χ1) is 8.63. The topological polar surface area (TPSA) is 65.0 Å². The summed E-state index contributed by atoms with van der Waals surface area (Å²) in [6, 6.07) is 0. The highest BCUT2D eigenvalue weighted by atomic mass is 32.2. The second kappa shape index (κ2) is 5.88. The van der Waals surface area contributed by atoms with Gasteiger partial charge in [0.2, 0.25) is 10.0 Å². The minimum atomic E-state index is -2.97. The van der Waals surface area contributed by atoms with E-state index in [-0.39, 0.29) is 0 Å². The van der Waals surface area contributed by atoms with Crippen molar-refractivity contribution in [2.75, 3.05) is 45.5 Å². The van der Waals surface area contributed by atoms with E-state index in [1.165, 1.54) is 12.8 Å². The Labute approximate surface area is 109 Å². The van der Waals surface area contributed by atoms with Crippen molar-refractivity contribution >= 4 is 16.0 Å². The molecule has 0 spiro atoms. The van der Waals surface area contributed by atoms with Crippen LogP contribution < -0.4 is 5.32 Å². The fraction of sp³-hybridized carbons (Fsp3) is 0.909. The van der Waals surface area contributed by atoms with Gasteiger partial charge in [0.1, 0.15) is 0 Å². The van der Waals surface area contributed by atoms with Crippen LogP contribution in [0.1, 0.15) is 19.3 Å². The highest BCUT2D eigenvalue weighted by Crippen LogP contribution is 2.12. The zero-order valence-corrected chi connectivity index (χ0v) is 11.7. The molecule has 0 atom stereocenters. The van der Waals surface area contributed by atoms with E-state index in [1.807, 2.05) is 0 Å². The first-order valence-corrected chi connectivity index (χ1v) is 8.18. The van der Waals surface area contributed by atoms with Gasteiger partial charge in [-0.25, -0.2) is 12.7 Å². The van der Waals surface area contributed by atoms with Gasteiger partial charge >= 0.3 is 0 Å². The zero-order chi connectivity index (χ0) is 13.0.